The lowest BCUT2D eigenvalue weighted by Gasteiger charge is -2.36. The maximum atomic E-state index is 13.1. The lowest BCUT2D eigenvalue weighted by molar-refractivity contribution is -0.137. The largest absolute Gasteiger partial charge is 0.490 e. The third kappa shape index (κ3) is 7.45. The topological polar surface area (TPSA) is 57.7 Å². The number of anilines is 1. The number of hydrogen-bond acceptors (Lipinski definition) is 5. The van der Waals surface area contributed by atoms with Crippen LogP contribution in [0.15, 0.2) is 73.1 Å². The number of alkyl halides is 4. The molecule has 2 atom stereocenters. The van der Waals surface area contributed by atoms with E-state index in [9.17, 15) is 18.0 Å². The third-order valence-corrected chi connectivity index (χ3v) is 8.81. The van der Waals surface area contributed by atoms with Gasteiger partial charge < -0.3 is 15.0 Å². The maximum absolute atomic E-state index is 13.1. The smallest absolute Gasteiger partial charge is 0.416 e. The van der Waals surface area contributed by atoms with Gasteiger partial charge in [-0.15, -0.1) is 0 Å². The molecule has 40 heavy (non-hydrogen) atoms. The molecule has 3 heterocycles. The Morgan fingerprint density at radius 2 is 1.73 bits per heavy atom. The number of nitrogens with zero attached hydrogens (tertiary/aromatic N) is 3. The molecule has 0 saturated carbocycles. The molecular weight excluding hydrogens is 632 g/mol. The third-order valence-electron chi connectivity index (χ3n) is 7.51. The SMILES string of the molecule is O=C(NC1CCN(Cc2ccncc2)C(I)C1)c1cccc(OC2CCN(c3ccc(C(F)(F)F)cc3)CC2)c1. The van der Waals surface area contributed by atoms with E-state index in [-0.39, 0.29) is 18.1 Å². The van der Waals surface area contributed by atoms with E-state index in [1.807, 2.05) is 36.7 Å². The van der Waals surface area contributed by atoms with Gasteiger partial charge in [0.25, 0.3) is 5.91 Å². The van der Waals surface area contributed by atoms with Crippen LogP contribution in [0.25, 0.3) is 0 Å². The van der Waals surface area contributed by atoms with Crippen molar-refractivity contribution in [2.24, 2.45) is 0 Å². The Morgan fingerprint density at radius 3 is 2.40 bits per heavy atom. The second-order valence-electron chi connectivity index (χ2n) is 10.3. The molecule has 2 aliphatic heterocycles. The summed E-state index contributed by atoms with van der Waals surface area (Å²) in [4.78, 5) is 21.6. The van der Waals surface area contributed by atoms with Gasteiger partial charge in [-0.1, -0.05) is 28.7 Å². The van der Waals surface area contributed by atoms with Crippen LogP contribution in [0.5, 0.6) is 5.75 Å². The molecule has 1 aromatic heterocycles. The van der Waals surface area contributed by atoms with Gasteiger partial charge in [-0.05, 0) is 73.0 Å². The van der Waals surface area contributed by atoms with E-state index in [1.165, 1.54) is 17.7 Å². The van der Waals surface area contributed by atoms with Crippen molar-refractivity contribution in [3.8, 4) is 5.75 Å². The Balaban J connectivity index is 1.09. The van der Waals surface area contributed by atoms with Gasteiger partial charge in [-0.3, -0.25) is 14.7 Å². The Bertz CT molecular complexity index is 1270. The first-order valence-corrected chi connectivity index (χ1v) is 14.8. The summed E-state index contributed by atoms with van der Waals surface area (Å²) < 4.78 is 45.1. The van der Waals surface area contributed by atoms with Crippen molar-refractivity contribution in [1.82, 2.24) is 15.2 Å². The van der Waals surface area contributed by atoms with Gasteiger partial charge in [0.05, 0.1) is 9.61 Å². The Morgan fingerprint density at radius 1 is 1.00 bits per heavy atom. The van der Waals surface area contributed by atoms with E-state index in [0.29, 0.717) is 28.5 Å². The van der Waals surface area contributed by atoms with Crippen molar-refractivity contribution in [1.29, 1.82) is 0 Å². The van der Waals surface area contributed by atoms with Crippen LogP contribution in [0.1, 0.15) is 47.2 Å². The zero-order chi connectivity index (χ0) is 28.1. The molecule has 3 aromatic rings. The summed E-state index contributed by atoms with van der Waals surface area (Å²) in [5, 5.41) is 3.20. The molecule has 10 heteroatoms. The molecule has 2 fully saturated rings. The molecule has 1 amide bonds. The highest BCUT2D eigenvalue weighted by Gasteiger charge is 2.31. The molecule has 6 nitrogen and oxygen atoms in total. The summed E-state index contributed by atoms with van der Waals surface area (Å²) in [5.41, 5.74) is 1.95. The minimum atomic E-state index is -4.33. The van der Waals surface area contributed by atoms with Crippen molar-refractivity contribution in [2.75, 3.05) is 24.5 Å². The van der Waals surface area contributed by atoms with Crippen molar-refractivity contribution >= 4 is 34.2 Å². The monoisotopic (exact) mass is 664 g/mol. The van der Waals surface area contributed by atoms with Crippen molar-refractivity contribution in [3.63, 3.8) is 0 Å². The van der Waals surface area contributed by atoms with Crippen LogP contribution in [0, 0.1) is 0 Å². The Hall–Kier alpha value is -2.86. The lowest BCUT2D eigenvalue weighted by Crippen LogP contribution is -2.47. The lowest BCUT2D eigenvalue weighted by atomic mass is 10.0. The van der Waals surface area contributed by atoms with Gasteiger partial charge >= 0.3 is 6.18 Å². The standard InChI is InChI=1S/C30H32F3IN4O2/c31-30(32,33)23-4-6-25(7-5-23)37-16-11-26(12-17-37)40-27-3-1-2-22(18-27)29(39)36-24-10-15-38(28(34)19-24)20-21-8-13-35-14-9-21/h1-9,13-14,18,24,26,28H,10-12,15-17,19-20H2,(H,36,39). The first kappa shape index (κ1) is 28.7. The second kappa shape index (κ2) is 12.8. The summed E-state index contributed by atoms with van der Waals surface area (Å²) >= 11 is 2.46. The van der Waals surface area contributed by atoms with Crippen LogP contribution in [0.4, 0.5) is 18.9 Å². The van der Waals surface area contributed by atoms with Crippen LogP contribution >= 0.6 is 22.6 Å². The number of ether oxygens (including phenoxy) is 1. The van der Waals surface area contributed by atoms with Gasteiger partial charge in [-0.2, -0.15) is 13.2 Å². The minimum Gasteiger partial charge on any atom is -0.490 e. The van der Waals surface area contributed by atoms with Gasteiger partial charge in [0.1, 0.15) is 11.9 Å². The van der Waals surface area contributed by atoms with E-state index < -0.39 is 11.7 Å². The van der Waals surface area contributed by atoms with Crippen LogP contribution < -0.4 is 15.0 Å². The molecule has 0 bridgehead atoms. The van der Waals surface area contributed by atoms with Gasteiger partial charge in [-0.25, -0.2) is 0 Å². The first-order chi connectivity index (χ1) is 19.2. The molecular formula is C30H32F3IN4O2. The number of carbonyl (C=O) groups is 1. The van der Waals surface area contributed by atoms with Crippen LogP contribution in [-0.4, -0.2) is 51.6 Å². The number of aromatic nitrogens is 1. The number of hydrogen-bond donors (Lipinski definition) is 1. The molecule has 1 N–H and O–H groups in total. The normalized spacial score (nSPS) is 20.8. The number of piperidine rings is 2. The van der Waals surface area contributed by atoms with Gasteiger partial charge in [0, 0.05) is 68.7 Å². The highest BCUT2D eigenvalue weighted by atomic mass is 127. The van der Waals surface area contributed by atoms with Crippen LogP contribution in [0.3, 0.4) is 0 Å². The predicted octanol–water partition coefficient (Wildman–Crippen LogP) is 6.30. The molecule has 0 radical (unpaired) electrons. The first-order valence-electron chi connectivity index (χ1n) is 13.5. The number of likely N-dealkylation sites (tertiary alicyclic amines) is 1. The van der Waals surface area contributed by atoms with Gasteiger partial charge in [0.15, 0.2) is 0 Å². The predicted molar refractivity (Wildman–Crippen MR) is 157 cm³/mol. The zero-order valence-electron chi connectivity index (χ0n) is 22.0. The summed E-state index contributed by atoms with van der Waals surface area (Å²) in [6, 6.07) is 16.8. The van der Waals surface area contributed by atoms with Crippen LogP contribution in [-0.2, 0) is 12.7 Å². The number of nitrogens with one attached hydrogen (secondary N) is 1. The van der Waals surface area contributed by atoms with E-state index in [2.05, 4.69) is 42.7 Å². The molecule has 5 rings (SSSR count). The molecule has 2 unspecified atom stereocenters. The molecule has 2 aliphatic rings. The van der Waals surface area contributed by atoms with E-state index in [1.54, 1.807) is 12.1 Å². The average molecular weight is 665 g/mol. The average Bonchev–Trinajstić information content (AvgIpc) is 2.95. The zero-order valence-corrected chi connectivity index (χ0v) is 24.1. The minimum absolute atomic E-state index is 0.0199. The number of rotatable bonds is 7. The van der Waals surface area contributed by atoms with Crippen molar-refractivity contribution in [2.45, 2.75) is 54.6 Å². The van der Waals surface area contributed by atoms with Crippen molar-refractivity contribution in [3.05, 3.63) is 89.7 Å². The summed E-state index contributed by atoms with van der Waals surface area (Å²) in [6.07, 6.45) is 2.53. The molecule has 212 valence electrons. The number of halogens is 4. The Kier molecular flexibility index (Phi) is 9.14. The molecule has 2 saturated heterocycles. The van der Waals surface area contributed by atoms with E-state index in [0.717, 1.165) is 56.6 Å². The quantitative estimate of drug-likeness (QED) is 0.183. The summed E-state index contributed by atoms with van der Waals surface area (Å²) in [6.45, 7) is 3.16. The second-order valence-corrected chi connectivity index (χ2v) is 11.8. The van der Waals surface area contributed by atoms with E-state index >= 15 is 0 Å². The highest BCUT2D eigenvalue weighted by Crippen LogP contribution is 2.31. The molecule has 0 spiro atoms. The summed E-state index contributed by atoms with van der Waals surface area (Å²) in [7, 11) is 0. The van der Waals surface area contributed by atoms with Crippen LogP contribution in [0.2, 0.25) is 0 Å². The fourth-order valence-corrected chi connectivity index (χ4v) is 6.35. The highest BCUT2D eigenvalue weighted by molar-refractivity contribution is 14.1. The Labute approximate surface area is 246 Å². The van der Waals surface area contributed by atoms with Crippen molar-refractivity contribution < 1.29 is 22.7 Å². The number of amides is 1. The van der Waals surface area contributed by atoms with E-state index in [4.69, 9.17) is 4.74 Å². The molecule has 2 aromatic carbocycles. The summed E-state index contributed by atoms with van der Waals surface area (Å²) in [5.74, 6) is 0.554. The van der Waals surface area contributed by atoms with Gasteiger partial charge in [0.2, 0.25) is 0 Å². The fourth-order valence-electron chi connectivity index (χ4n) is 5.26. The maximum Gasteiger partial charge on any atom is 0.416 e. The number of pyridine rings is 1. The molecule has 0 aliphatic carbocycles. The number of benzene rings is 2. The fraction of sp³-hybridized carbons (Fsp3) is 0.400. The number of carbonyl (C=O) groups excluding carboxylic acids is 1.